The van der Waals surface area contributed by atoms with Crippen molar-refractivity contribution in [1.29, 1.82) is 0 Å². The largest absolute Gasteiger partial charge is 0.456 e. The van der Waals surface area contributed by atoms with Gasteiger partial charge < -0.3 is 15.4 Å². The van der Waals surface area contributed by atoms with E-state index in [1.165, 1.54) is 0 Å². The van der Waals surface area contributed by atoms with Gasteiger partial charge in [-0.15, -0.1) is 0 Å². The molecule has 1 aliphatic rings. The van der Waals surface area contributed by atoms with Gasteiger partial charge in [-0.2, -0.15) is 0 Å². The quantitative estimate of drug-likeness (QED) is 0.391. The number of rotatable bonds is 5. The molecule has 0 unspecified atom stereocenters. The number of fused-ring (bicyclic) bond motifs is 1. The number of amides is 2. The zero-order valence-corrected chi connectivity index (χ0v) is 19.3. The maximum Gasteiger partial charge on any atom is 0.340 e. The van der Waals surface area contributed by atoms with E-state index in [9.17, 15) is 14.4 Å². The van der Waals surface area contributed by atoms with E-state index < -0.39 is 11.6 Å². The molecule has 0 radical (unpaired) electrons. The molecule has 0 spiro atoms. The first-order valence-corrected chi connectivity index (χ1v) is 11.0. The SMILES string of the molecule is CC(C)(C)OC(=O)c1ccc(/C=C/c2ccc3c(c2)NC(=O)C3)cc1NC(=O)c1ccccc1. The monoisotopic (exact) mass is 454 g/mol. The van der Waals surface area contributed by atoms with Crippen LogP contribution in [0.5, 0.6) is 0 Å². The second kappa shape index (κ2) is 9.35. The van der Waals surface area contributed by atoms with Crippen LogP contribution in [0, 0.1) is 0 Å². The molecule has 34 heavy (non-hydrogen) atoms. The summed E-state index contributed by atoms with van der Waals surface area (Å²) >= 11 is 0. The Morgan fingerprint density at radius 2 is 1.62 bits per heavy atom. The van der Waals surface area contributed by atoms with Crippen LogP contribution < -0.4 is 10.6 Å². The summed E-state index contributed by atoms with van der Waals surface area (Å²) < 4.78 is 5.53. The van der Waals surface area contributed by atoms with Gasteiger partial charge in [0.25, 0.3) is 5.91 Å². The molecule has 1 heterocycles. The van der Waals surface area contributed by atoms with Crippen LogP contribution in [0.3, 0.4) is 0 Å². The van der Waals surface area contributed by atoms with E-state index in [2.05, 4.69) is 10.6 Å². The van der Waals surface area contributed by atoms with Crippen LogP contribution in [-0.2, 0) is 16.0 Å². The summed E-state index contributed by atoms with van der Waals surface area (Å²) in [6, 6.07) is 19.8. The Morgan fingerprint density at radius 3 is 2.32 bits per heavy atom. The fourth-order valence-corrected chi connectivity index (χ4v) is 3.59. The lowest BCUT2D eigenvalue weighted by Gasteiger charge is -2.21. The van der Waals surface area contributed by atoms with Crippen molar-refractivity contribution >= 4 is 41.3 Å². The highest BCUT2D eigenvalue weighted by atomic mass is 16.6. The predicted molar refractivity (Wildman–Crippen MR) is 134 cm³/mol. The van der Waals surface area contributed by atoms with Gasteiger partial charge in [0, 0.05) is 11.3 Å². The summed E-state index contributed by atoms with van der Waals surface area (Å²) in [5.74, 6) is -0.839. The van der Waals surface area contributed by atoms with Crippen molar-refractivity contribution in [2.75, 3.05) is 10.6 Å². The van der Waals surface area contributed by atoms with Crippen LogP contribution in [0.4, 0.5) is 11.4 Å². The van der Waals surface area contributed by atoms with Gasteiger partial charge in [-0.05, 0) is 67.8 Å². The molecule has 2 amide bonds. The summed E-state index contributed by atoms with van der Waals surface area (Å²) in [5, 5.41) is 5.70. The summed E-state index contributed by atoms with van der Waals surface area (Å²) in [5.41, 5.74) is 3.98. The average molecular weight is 455 g/mol. The van der Waals surface area contributed by atoms with Crippen molar-refractivity contribution in [2.24, 2.45) is 0 Å². The highest BCUT2D eigenvalue weighted by Gasteiger charge is 2.22. The Labute approximate surface area is 198 Å². The van der Waals surface area contributed by atoms with Crippen LogP contribution in [0.15, 0.2) is 66.7 Å². The molecule has 0 aliphatic carbocycles. The Hall–Kier alpha value is -4.19. The van der Waals surface area contributed by atoms with E-state index in [0.29, 0.717) is 17.7 Å². The average Bonchev–Trinajstić information content (AvgIpc) is 3.16. The van der Waals surface area contributed by atoms with Gasteiger partial charge in [0.05, 0.1) is 17.7 Å². The predicted octanol–water partition coefficient (Wildman–Crippen LogP) is 5.56. The van der Waals surface area contributed by atoms with Crippen molar-refractivity contribution in [1.82, 2.24) is 0 Å². The molecule has 0 saturated heterocycles. The number of carbonyl (C=O) groups excluding carboxylic acids is 3. The number of nitrogens with one attached hydrogen (secondary N) is 2. The lowest BCUT2D eigenvalue weighted by atomic mass is 10.0. The van der Waals surface area contributed by atoms with E-state index in [0.717, 1.165) is 22.4 Å². The third-order valence-electron chi connectivity index (χ3n) is 5.17. The molecular formula is C28H26N2O4. The minimum Gasteiger partial charge on any atom is -0.456 e. The van der Waals surface area contributed by atoms with Gasteiger partial charge in [-0.1, -0.05) is 48.6 Å². The van der Waals surface area contributed by atoms with E-state index >= 15 is 0 Å². The van der Waals surface area contributed by atoms with Crippen LogP contribution in [0.2, 0.25) is 0 Å². The number of benzene rings is 3. The number of hydrogen-bond donors (Lipinski definition) is 2. The molecule has 1 aliphatic heterocycles. The minimum atomic E-state index is -0.667. The first kappa shape index (κ1) is 23.0. The van der Waals surface area contributed by atoms with Gasteiger partial charge in [0.1, 0.15) is 5.60 Å². The molecule has 0 atom stereocenters. The summed E-state index contributed by atoms with van der Waals surface area (Å²) in [6.45, 7) is 5.38. The normalized spacial score (nSPS) is 12.9. The van der Waals surface area contributed by atoms with Gasteiger partial charge >= 0.3 is 5.97 Å². The molecule has 0 aromatic heterocycles. The van der Waals surface area contributed by atoms with E-state index in [-0.39, 0.29) is 17.4 Å². The lowest BCUT2D eigenvalue weighted by Crippen LogP contribution is -2.25. The van der Waals surface area contributed by atoms with Gasteiger partial charge in [0.15, 0.2) is 0 Å². The summed E-state index contributed by atoms with van der Waals surface area (Å²) in [7, 11) is 0. The number of esters is 1. The summed E-state index contributed by atoms with van der Waals surface area (Å²) in [6.07, 6.45) is 4.20. The first-order valence-electron chi connectivity index (χ1n) is 11.0. The molecule has 2 N–H and O–H groups in total. The molecule has 6 heteroatoms. The van der Waals surface area contributed by atoms with Crippen molar-refractivity contribution in [2.45, 2.75) is 32.8 Å². The number of ether oxygens (including phenoxy) is 1. The Kier molecular flexibility index (Phi) is 6.32. The number of carbonyl (C=O) groups is 3. The fraction of sp³-hybridized carbons (Fsp3) is 0.179. The Balaban J connectivity index is 1.62. The zero-order chi connectivity index (χ0) is 24.3. The topological polar surface area (TPSA) is 84.5 Å². The van der Waals surface area contributed by atoms with Crippen LogP contribution >= 0.6 is 0 Å². The molecule has 172 valence electrons. The smallest absolute Gasteiger partial charge is 0.340 e. The van der Waals surface area contributed by atoms with E-state index in [1.54, 1.807) is 63.2 Å². The Morgan fingerprint density at radius 1 is 0.941 bits per heavy atom. The first-order chi connectivity index (χ1) is 16.2. The van der Waals surface area contributed by atoms with Crippen molar-refractivity contribution < 1.29 is 19.1 Å². The molecular weight excluding hydrogens is 428 g/mol. The van der Waals surface area contributed by atoms with Gasteiger partial charge in [0.2, 0.25) is 5.91 Å². The minimum absolute atomic E-state index is 0.00680. The molecule has 0 bridgehead atoms. The maximum atomic E-state index is 12.8. The molecule has 3 aromatic carbocycles. The van der Waals surface area contributed by atoms with Crippen LogP contribution in [0.1, 0.15) is 58.2 Å². The highest BCUT2D eigenvalue weighted by Crippen LogP contribution is 2.26. The van der Waals surface area contributed by atoms with E-state index in [1.807, 2.05) is 36.4 Å². The Bertz CT molecular complexity index is 1290. The fourth-order valence-electron chi connectivity index (χ4n) is 3.59. The third kappa shape index (κ3) is 5.59. The third-order valence-corrected chi connectivity index (χ3v) is 5.17. The molecule has 6 nitrogen and oxygen atoms in total. The maximum absolute atomic E-state index is 12.8. The van der Waals surface area contributed by atoms with E-state index in [4.69, 9.17) is 4.74 Å². The van der Waals surface area contributed by atoms with Crippen molar-refractivity contribution in [3.05, 3.63) is 94.5 Å². The zero-order valence-electron chi connectivity index (χ0n) is 19.3. The van der Waals surface area contributed by atoms with Crippen molar-refractivity contribution in [3.63, 3.8) is 0 Å². The van der Waals surface area contributed by atoms with Gasteiger partial charge in [-0.25, -0.2) is 4.79 Å². The van der Waals surface area contributed by atoms with Crippen molar-refractivity contribution in [3.8, 4) is 0 Å². The molecule has 0 saturated carbocycles. The standard InChI is InChI=1S/C28H26N2O4/c1-28(2,3)34-27(33)22-14-12-19(16-24(22)30-26(32)20-7-5-4-6-8-20)10-9-18-11-13-21-17-25(31)29-23(21)15-18/h4-16H,17H2,1-3H3,(H,29,31)(H,30,32)/b10-9+. The highest BCUT2D eigenvalue weighted by molar-refractivity contribution is 6.08. The second-order valence-corrected chi connectivity index (χ2v) is 9.10. The van der Waals surface area contributed by atoms with Gasteiger partial charge in [-0.3, -0.25) is 9.59 Å². The number of anilines is 2. The molecule has 4 rings (SSSR count). The number of hydrogen-bond acceptors (Lipinski definition) is 4. The van der Waals surface area contributed by atoms with Crippen LogP contribution in [0.25, 0.3) is 12.2 Å². The van der Waals surface area contributed by atoms with Crippen LogP contribution in [-0.4, -0.2) is 23.4 Å². The second-order valence-electron chi connectivity index (χ2n) is 9.10. The molecule has 0 fully saturated rings. The summed E-state index contributed by atoms with van der Waals surface area (Å²) in [4.78, 5) is 37.2. The lowest BCUT2D eigenvalue weighted by molar-refractivity contribution is -0.115. The molecule has 3 aromatic rings.